The summed E-state index contributed by atoms with van der Waals surface area (Å²) in [5.74, 6) is 0.482. The molecule has 3 rings (SSSR count). The highest BCUT2D eigenvalue weighted by molar-refractivity contribution is 5.92. The lowest BCUT2D eigenvalue weighted by Crippen LogP contribution is -2.48. The van der Waals surface area contributed by atoms with Crippen molar-refractivity contribution < 1.29 is 4.79 Å². The monoisotopic (exact) mass is 272 g/mol. The van der Waals surface area contributed by atoms with Crippen LogP contribution in [0.15, 0.2) is 30.6 Å². The van der Waals surface area contributed by atoms with Crippen molar-refractivity contribution in [1.82, 2.24) is 25.5 Å². The first kappa shape index (κ1) is 12.7. The van der Waals surface area contributed by atoms with Gasteiger partial charge in [0.05, 0.1) is 5.69 Å². The number of nitrogens with zero attached hydrogens (tertiary/aromatic N) is 4. The minimum Gasteiger partial charge on any atom is -0.326 e. The second-order valence-corrected chi connectivity index (χ2v) is 5.00. The van der Waals surface area contributed by atoms with Gasteiger partial charge in [0.15, 0.2) is 0 Å². The van der Waals surface area contributed by atoms with Crippen LogP contribution in [-0.2, 0) is 4.79 Å². The van der Waals surface area contributed by atoms with Gasteiger partial charge < -0.3 is 10.6 Å². The molecule has 2 N–H and O–H groups in total. The van der Waals surface area contributed by atoms with Crippen LogP contribution in [0.25, 0.3) is 5.69 Å². The van der Waals surface area contributed by atoms with E-state index in [1.807, 2.05) is 31.2 Å². The second-order valence-electron chi connectivity index (χ2n) is 5.00. The molecule has 1 aromatic heterocycles. The zero-order valence-corrected chi connectivity index (χ0v) is 11.2. The SMILES string of the molecule is CC(C(=O)Nc1cccc(-n2cnnn2)c1)C1CNC1. The van der Waals surface area contributed by atoms with Gasteiger partial charge in [0.25, 0.3) is 0 Å². The number of carbonyl (C=O) groups excluding carboxylic acids is 1. The van der Waals surface area contributed by atoms with Gasteiger partial charge in [-0.2, -0.15) is 0 Å². The molecule has 0 bridgehead atoms. The highest BCUT2D eigenvalue weighted by Gasteiger charge is 2.28. The van der Waals surface area contributed by atoms with Crippen molar-refractivity contribution >= 4 is 11.6 Å². The van der Waals surface area contributed by atoms with Crippen LogP contribution in [-0.4, -0.2) is 39.2 Å². The van der Waals surface area contributed by atoms with Gasteiger partial charge in [-0.1, -0.05) is 13.0 Å². The summed E-state index contributed by atoms with van der Waals surface area (Å²) in [5.41, 5.74) is 1.56. The van der Waals surface area contributed by atoms with E-state index in [4.69, 9.17) is 0 Å². The Labute approximate surface area is 116 Å². The Bertz CT molecular complexity index is 593. The van der Waals surface area contributed by atoms with E-state index >= 15 is 0 Å². The van der Waals surface area contributed by atoms with E-state index in [1.54, 1.807) is 4.68 Å². The number of hydrogen-bond donors (Lipinski definition) is 2. The van der Waals surface area contributed by atoms with Crippen LogP contribution in [0.2, 0.25) is 0 Å². The summed E-state index contributed by atoms with van der Waals surface area (Å²) in [7, 11) is 0. The number of carbonyl (C=O) groups is 1. The molecule has 0 saturated carbocycles. The quantitative estimate of drug-likeness (QED) is 0.844. The summed E-state index contributed by atoms with van der Waals surface area (Å²) in [4.78, 5) is 12.2. The second kappa shape index (κ2) is 5.38. The van der Waals surface area contributed by atoms with Crippen molar-refractivity contribution in [2.24, 2.45) is 11.8 Å². The normalized spacial score (nSPS) is 16.4. The topological polar surface area (TPSA) is 84.7 Å². The molecule has 1 amide bonds. The number of tetrazole rings is 1. The van der Waals surface area contributed by atoms with Gasteiger partial charge in [0.1, 0.15) is 6.33 Å². The average Bonchev–Trinajstić information content (AvgIpc) is 2.90. The molecule has 7 heteroatoms. The maximum absolute atomic E-state index is 12.2. The molecule has 1 aromatic carbocycles. The van der Waals surface area contributed by atoms with Crippen LogP contribution in [0.4, 0.5) is 5.69 Å². The highest BCUT2D eigenvalue weighted by Crippen LogP contribution is 2.19. The third kappa shape index (κ3) is 2.53. The van der Waals surface area contributed by atoms with Crippen molar-refractivity contribution in [2.75, 3.05) is 18.4 Å². The van der Waals surface area contributed by atoms with Gasteiger partial charge in [0.2, 0.25) is 5.91 Å². The number of hydrogen-bond acceptors (Lipinski definition) is 5. The van der Waals surface area contributed by atoms with E-state index in [0.29, 0.717) is 5.92 Å². The first-order valence-electron chi connectivity index (χ1n) is 6.59. The molecule has 1 saturated heterocycles. The number of anilines is 1. The van der Waals surface area contributed by atoms with Gasteiger partial charge in [-0.25, -0.2) is 4.68 Å². The molecule has 0 radical (unpaired) electrons. The number of nitrogens with one attached hydrogen (secondary N) is 2. The number of benzene rings is 1. The Morgan fingerprint density at radius 1 is 1.50 bits per heavy atom. The Morgan fingerprint density at radius 2 is 2.35 bits per heavy atom. The van der Waals surface area contributed by atoms with Crippen LogP contribution in [0.3, 0.4) is 0 Å². The zero-order chi connectivity index (χ0) is 13.9. The summed E-state index contributed by atoms with van der Waals surface area (Å²) in [5, 5.41) is 17.1. The first-order valence-corrected chi connectivity index (χ1v) is 6.59. The van der Waals surface area contributed by atoms with Crippen LogP contribution in [0.5, 0.6) is 0 Å². The Kier molecular flexibility index (Phi) is 3.42. The fourth-order valence-corrected chi connectivity index (χ4v) is 2.14. The number of amides is 1. The molecule has 20 heavy (non-hydrogen) atoms. The molecule has 2 aromatic rings. The van der Waals surface area contributed by atoms with Crippen LogP contribution < -0.4 is 10.6 Å². The van der Waals surface area contributed by atoms with Crippen LogP contribution in [0, 0.1) is 11.8 Å². The minimum atomic E-state index is 0.00735. The van der Waals surface area contributed by atoms with E-state index < -0.39 is 0 Å². The summed E-state index contributed by atoms with van der Waals surface area (Å²) >= 11 is 0. The van der Waals surface area contributed by atoms with Crippen molar-refractivity contribution in [3.05, 3.63) is 30.6 Å². The molecule has 1 atom stereocenters. The third-order valence-electron chi connectivity index (χ3n) is 3.66. The summed E-state index contributed by atoms with van der Waals surface area (Å²) in [6, 6.07) is 7.45. The van der Waals surface area contributed by atoms with Gasteiger partial charge in [-0.05, 0) is 47.6 Å². The fraction of sp³-hybridized carbons (Fsp3) is 0.385. The molecule has 2 heterocycles. The number of rotatable bonds is 4. The lowest BCUT2D eigenvalue weighted by molar-refractivity contribution is -0.121. The Morgan fingerprint density at radius 3 is 3.00 bits per heavy atom. The van der Waals surface area contributed by atoms with Gasteiger partial charge >= 0.3 is 0 Å². The van der Waals surface area contributed by atoms with Crippen molar-refractivity contribution in [2.45, 2.75) is 6.92 Å². The molecule has 0 aliphatic carbocycles. The summed E-state index contributed by atoms with van der Waals surface area (Å²) in [6.07, 6.45) is 1.52. The predicted octanol–water partition coefficient (Wildman–Crippen LogP) is 0.456. The average molecular weight is 272 g/mol. The predicted molar refractivity (Wildman–Crippen MR) is 73.3 cm³/mol. The molecule has 104 valence electrons. The lowest BCUT2D eigenvalue weighted by Gasteiger charge is -2.31. The van der Waals surface area contributed by atoms with E-state index in [-0.39, 0.29) is 11.8 Å². The molecule has 1 aliphatic heterocycles. The van der Waals surface area contributed by atoms with Crippen molar-refractivity contribution in [3.63, 3.8) is 0 Å². The highest BCUT2D eigenvalue weighted by atomic mass is 16.1. The van der Waals surface area contributed by atoms with Gasteiger partial charge in [0, 0.05) is 11.6 Å². The van der Waals surface area contributed by atoms with Crippen LogP contribution >= 0.6 is 0 Å². The maximum atomic E-state index is 12.2. The van der Waals surface area contributed by atoms with Gasteiger partial charge in [-0.3, -0.25) is 4.79 Å². The summed E-state index contributed by atoms with van der Waals surface area (Å²) < 4.78 is 1.55. The molecule has 1 fully saturated rings. The fourth-order valence-electron chi connectivity index (χ4n) is 2.14. The molecular formula is C13H16N6O. The van der Waals surface area contributed by atoms with E-state index in [1.165, 1.54) is 6.33 Å². The molecule has 1 aliphatic rings. The van der Waals surface area contributed by atoms with Gasteiger partial charge in [-0.15, -0.1) is 5.10 Å². The first-order chi connectivity index (χ1) is 9.74. The van der Waals surface area contributed by atoms with Crippen molar-refractivity contribution in [1.29, 1.82) is 0 Å². The molecule has 1 unspecified atom stereocenters. The Balaban J connectivity index is 1.71. The van der Waals surface area contributed by atoms with E-state index in [0.717, 1.165) is 24.5 Å². The third-order valence-corrected chi connectivity index (χ3v) is 3.66. The zero-order valence-electron chi connectivity index (χ0n) is 11.2. The standard InChI is InChI=1S/C13H16N6O/c1-9(10-6-14-7-10)13(20)16-11-3-2-4-12(5-11)19-8-15-17-18-19/h2-5,8-10,14H,6-7H2,1H3,(H,16,20). The van der Waals surface area contributed by atoms with Crippen LogP contribution in [0.1, 0.15) is 6.92 Å². The molecule has 7 nitrogen and oxygen atoms in total. The Hall–Kier alpha value is -2.28. The van der Waals surface area contributed by atoms with E-state index in [9.17, 15) is 4.79 Å². The minimum absolute atomic E-state index is 0.00735. The summed E-state index contributed by atoms with van der Waals surface area (Å²) in [6.45, 7) is 3.80. The molecule has 0 spiro atoms. The molecular weight excluding hydrogens is 256 g/mol. The number of aromatic nitrogens is 4. The lowest BCUT2D eigenvalue weighted by atomic mass is 9.88. The van der Waals surface area contributed by atoms with E-state index in [2.05, 4.69) is 26.2 Å². The maximum Gasteiger partial charge on any atom is 0.227 e. The van der Waals surface area contributed by atoms with Crippen molar-refractivity contribution in [3.8, 4) is 5.69 Å². The smallest absolute Gasteiger partial charge is 0.227 e. The largest absolute Gasteiger partial charge is 0.326 e.